The van der Waals surface area contributed by atoms with Crippen LogP contribution < -0.4 is 10.6 Å². The van der Waals surface area contributed by atoms with Gasteiger partial charge in [-0.25, -0.2) is 0 Å². The molecule has 2 heteroatoms. The van der Waals surface area contributed by atoms with Gasteiger partial charge in [-0.15, -0.1) is 0 Å². The molecule has 17 heavy (non-hydrogen) atoms. The van der Waals surface area contributed by atoms with E-state index in [2.05, 4.69) is 24.6 Å². The SMILES string of the molecule is CCCCC(CCCCCCCCNC)NC. The summed E-state index contributed by atoms with van der Waals surface area (Å²) >= 11 is 0. The van der Waals surface area contributed by atoms with Gasteiger partial charge in [0.2, 0.25) is 0 Å². The topological polar surface area (TPSA) is 24.1 Å². The first kappa shape index (κ1) is 16.9. The summed E-state index contributed by atoms with van der Waals surface area (Å²) in [6.45, 7) is 3.46. The largest absolute Gasteiger partial charge is 0.320 e. The second-order valence-corrected chi connectivity index (χ2v) is 5.14. The lowest BCUT2D eigenvalue weighted by Gasteiger charge is -2.15. The third-order valence-electron chi connectivity index (χ3n) is 3.54. The van der Waals surface area contributed by atoms with Gasteiger partial charge >= 0.3 is 0 Å². The van der Waals surface area contributed by atoms with Gasteiger partial charge in [0.25, 0.3) is 0 Å². The molecule has 2 nitrogen and oxygen atoms in total. The molecule has 0 rings (SSSR count). The maximum Gasteiger partial charge on any atom is 0.00640 e. The minimum Gasteiger partial charge on any atom is -0.320 e. The standard InChI is InChI=1S/C15H34N2/c1-4-5-12-15(17-3)13-10-8-6-7-9-11-14-16-2/h15-17H,4-14H2,1-3H3. The fourth-order valence-electron chi connectivity index (χ4n) is 2.28. The summed E-state index contributed by atoms with van der Waals surface area (Å²) in [6.07, 6.45) is 13.8. The third kappa shape index (κ3) is 12.2. The number of unbranched alkanes of at least 4 members (excludes halogenated alkanes) is 6. The van der Waals surface area contributed by atoms with Gasteiger partial charge in [0.1, 0.15) is 0 Å². The summed E-state index contributed by atoms with van der Waals surface area (Å²) in [5.74, 6) is 0. The second-order valence-electron chi connectivity index (χ2n) is 5.14. The molecule has 0 aliphatic heterocycles. The lowest BCUT2D eigenvalue weighted by molar-refractivity contribution is 0.444. The molecule has 1 unspecified atom stereocenters. The van der Waals surface area contributed by atoms with E-state index in [4.69, 9.17) is 0 Å². The van der Waals surface area contributed by atoms with Gasteiger partial charge in [-0.2, -0.15) is 0 Å². The predicted molar refractivity (Wildman–Crippen MR) is 78.6 cm³/mol. The van der Waals surface area contributed by atoms with Crippen molar-refractivity contribution in [1.82, 2.24) is 10.6 Å². The van der Waals surface area contributed by atoms with Crippen LogP contribution in [0.25, 0.3) is 0 Å². The molecule has 0 aromatic carbocycles. The van der Waals surface area contributed by atoms with E-state index in [1.54, 1.807) is 0 Å². The molecule has 0 bridgehead atoms. The smallest absolute Gasteiger partial charge is 0.00640 e. The summed E-state index contributed by atoms with van der Waals surface area (Å²) in [5, 5.41) is 6.65. The highest BCUT2D eigenvalue weighted by molar-refractivity contribution is 4.64. The van der Waals surface area contributed by atoms with E-state index in [9.17, 15) is 0 Å². The molecule has 0 saturated heterocycles. The zero-order valence-electron chi connectivity index (χ0n) is 12.4. The van der Waals surface area contributed by atoms with Crippen molar-refractivity contribution in [2.75, 3.05) is 20.6 Å². The fraction of sp³-hybridized carbons (Fsp3) is 1.00. The first-order valence-corrected chi connectivity index (χ1v) is 7.67. The highest BCUT2D eigenvalue weighted by atomic mass is 14.9. The van der Waals surface area contributed by atoms with Crippen LogP contribution in [0.2, 0.25) is 0 Å². The Labute approximate surface area is 109 Å². The number of rotatable bonds is 13. The Balaban J connectivity index is 3.19. The maximum atomic E-state index is 3.45. The van der Waals surface area contributed by atoms with Crippen LogP contribution in [0.4, 0.5) is 0 Å². The molecule has 0 aromatic rings. The quantitative estimate of drug-likeness (QED) is 0.481. The molecule has 0 aliphatic rings. The molecule has 0 heterocycles. The van der Waals surface area contributed by atoms with Crippen molar-refractivity contribution in [3.63, 3.8) is 0 Å². The lowest BCUT2D eigenvalue weighted by Crippen LogP contribution is -2.24. The number of hydrogen-bond acceptors (Lipinski definition) is 2. The van der Waals surface area contributed by atoms with Gasteiger partial charge in [0.05, 0.1) is 0 Å². The van der Waals surface area contributed by atoms with E-state index >= 15 is 0 Å². The number of nitrogens with one attached hydrogen (secondary N) is 2. The average molecular weight is 242 g/mol. The van der Waals surface area contributed by atoms with E-state index in [0.717, 1.165) is 6.04 Å². The van der Waals surface area contributed by atoms with E-state index < -0.39 is 0 Å². The van der Waals surface area contributed by atoms with E-state index in [0.29, 0.717) is 0 Å². The van der Waals surface area contributed by atoms with Crippen LogP contribution in [0.15, 0.2) is 0 Å². The Hall–Kier alpha value is -0.0800. The highest BCUT2D eigenvalue weighted by Crippen LogP contribution is 2.11. The minimum absolute atomic E-state index is 0.763. The van der Waals surface area contributed by atoms with Gasteiger partial charge in [0, 0.05) is 6.04 Å². The molecule has 0 amide bonds. The Morgan fingerprint density at radius 2 is 1.35 bits per heavy atom. The average Bonchev–Trinajstić information content (AvgIpc) is 2.36. The summed E-state index contributed by atoms with van der Waals surface area (Å²) in [7, 11) is 4.15. The molecular formula is C15H34N2. The molecule has 0 spiro atoms. The van der Waals surface area contributed by atoms with Gasteiger partial charge in [-0.3, -0.25) is 0 Å². The van der Waals surface area contributed by atoms with Crippen LogP contribution >= 0.6 is 0 Å². The fourth-order valence-corrected chi connectivity index (χ4v) is 2.28. The zero-order chi connectivity index (χ0) is 12.8. The molecule has 0 aliphatic carbocycles. The van der Waals surface area contributed by atoms with Crippen molar-refractivity contribution in [3.05, 3.63) is 0 Å². The van der Waals surface area contributed by atoms with Crippen LogP contribution in [0.5, 0.6) is 0 Å². The van der Waals surface area contributed by atoms with Gasteiger partial charge in [-0.1, -0.05) is 51.9 Å². The summed E-state index contributed by atoms with van der Waals surface area (Å²) in [5.41, 5.74) is 0. The van der Waals surface area contributed by atoms with Crippen LogP contribution in [0.3, 0.4) is 0 Å². The highest BCUT2D eigenvalue weighted by Gasteiger charge is 2.04. The minimum atomic E-state index is 0.763. The molecule has 0 saturated carbocycles. The van der Waals surface area contributed by atoms with Gasteiger partial charge < -0.3 is 10.6 Å². The Kier molecular flexibility index (Phi) is 13.9. The van der Waals surface area contributed by atoms with Crippen LogP contribution in [-0.2, 0) is 0 Å². The first-order chi connectivity index (χ1) is 8.35. The second kappa shape index (κ2) is 14.0. The van der Waals surface area contributed by atoms with Gasteiger partial charge in [0.15, 0.2) is 0 Å². The lowest BCUT2D eigenvalue weighted by atomic mass is 10.0. The van der Waals surface area contributed by atoms with Crippen molar-refractivity contribution < 1.29 is 0 Å². The molecular weight excluding hydrogens is 208 g/mol. The number of hydrogen-bond donors (Lipinski definition) is 2. The van der Waals surface area contributed by atoms with Crippen molar-refractivity contribution in [1.29, 1.82) is 0 Å². The molecule has 1 atom stereocenters. The monoisotopic (exact) mass is 242 g/mol. The predicted octanol–water partition coefficient (Wildman–Crippen LogP) is 3.71. The summed E-state index contributed by atoms with van der Waals surface area (Å²) in [6, 6.07) is 0.763. The van der Waals surface area contributed by atoms with Crippen LogP contribution in [0.1, 0.15) is 71.1 Å². The van der Waals surface area contributed by atoms with Crippen molar-refractivity contribution in [2.24, 2.45) is 0 Å². The first-order valence-electron chi connectivity index (χ1n) is 7.67. The zero-order valence-corrected chi connectivity index (χ0v) is 12.4. The Morgan fingerprint density at radius 3 is 1.94 bits per heavy atom. The summed E-state index contributed by atoms with van der Waals surface area (Å²) < 4.78 is 0. The summed E-state index contributed by atoms with van der Waals surface area (Å²) in [4.78, 5) is 0. The van der Waals surface area contributed by atoms with E-state index in [1.807, 2.05) is 7.05 Å². The molecule has 104 valence electrons. The van der Waals surface area contributed by atoms with Crippen molar-refractivity contribution in [2.45, 2.75) is 77.2 Å². The molecule has 0 radical (unpaired) electrons. The van der Waals surface area contributed by atoms with Gasteiger partial charge in [-0.05, 0) is 39.9 Å². The Morgan fingerprint density at radius 1 is 0.765 bits per heavy atom. The van der Waals surface area contributed by atoms with E-state index in [1.165, 1.54) is 70.8 Å². The molecule has 0 fully saturated rings. The normalized spacial score (nSPS) is 12.9. The van der Waals surface area contributed by atoms with E-state index in [-0.39, 0.29) is 0 Å². The van der Waals surface area contributed by atoms with Crippen LogP contribution in [0, 0.1) is 0 Å². The third-order valence-corrected chi connectivity index (χ3v) is 3.54. The molecule has 0 aromatic heterocycles. The molecule has 2 N–H and O–H groups in total. The van der Waals surface area contributed by atoms with Crippen molar-refractivity contribution >= 4 is 0 Å². The van der Waals surface area contributed by atoms with Crippen molar-refractivity contribution in [3.8, 4) is 0 Å². The van der Waals surface area contributed by atoms with Crippen LogP contribution in [-0.4, -0.2) is 26.7 Å². The maximum absolute atomic E-state index is 3.45. The Bertz CT molecular complexity index is 137.